The smallest absolute Gasteiger partial charge is 0.303 e. The van der Waals surface area contributed by atoms with Gasteiger partial charge >= 0.3 is 5.97 Å². The third kappa shape index (κ3) is 5.86. The summed E-state index contributed by atoms with van der Waals surface area (Å²) in [6, 6.07) is 0. The maximum atomic E-state index is 12.6. The van der Waals surface area contributed by atoms with Gasteiger partial charge in [-0.15, -0.1) is 0 Å². The number of aliphatic hydroxyl groups is 2. The molecule has 10 heteroatoms. The van der Waals surface area contributed by atoms with Crippen LogP contribution in [0.1, 0.15) is 107 Å². The summed E-state index contributed by atoms with van der Waals surface area (Å²) in [5.41, 5.74) is -0.966. The van der Waals surface area contributed by atoms with Crippen molar-refractivity contribution in [2.75, 3.05) is 59.6 Å². The quantitative estimate of drug-likeness (QED) is 0.293. The fourth-order valence-corrected chi connectivity index (χ4v) is 15.3. The molecular weight excluding hydrogens is 672 g/mol. The van der Waals surface area contributed by atoms with Gasteiger partial charge in [-0.2, -0.15) is 0 Å². The SMILES string of the molecule is COCCN1CC(CN2CCO[C@@H](O[C@H]3CC[C@]45CC46CC[C@]4(C)[C@@H]7C(OC([C@H](OC(C)=O)C(C)(C)O)C[C@H]7C)[C@H](O)[C@@]4(C)C6CC[C@H]5C3(C)C)C2)C1. The standard InChI is InChI=1S/C43H72N2O8/c1-26-20-29(37(39(5,6)48)51-27(2)46)52-35-34(26)40(7)14-15-43-25-42(43)13-12-32(38(3,4)30(42)10-11-31(43)41(40,8)36(35)47)53-33-24-45(17-19-50-33)23-28-21-44(22-28)16-18-49-9/h26,28-37,47-48H,10-25H2,1-9H3/t26-,29?,30+,31?,32+,33+,34+,35?,36+,37+,40-,41-,42-,43?/m1/s1. The van der Waals surface area contributed by atoms with Gasteiger partial charge in [0.05, 0.1) is 43.2 Å². The van der Waals surface area contributed by atoms with E-state index in [1.165, 1.54) is 32.6 Å². The highest BCUT2D eigenvalue weighted by Crippen LogP contribution is 2.89. The molecule has 53 heavy (non-hydrogen) atoms. The second-order valence-corrected chi connectivity index (χ2v) is 21.0. The minimum Gasteiger partial charge on any atom is -0.457 e. The van der Waals surface area contributed by atoms with Crippen molar-refractivity contribution in [3.8, 4) is 0 Å². The normalized spacial score (nSPS) is 48.7. The van der Waals surface area contributed by atoms with Crippen LogP contribution in [0.5, 0.6) is 0 Å². The maximum Gasteiger partial charge on any atom is 0.303 e. The zero-order valence-electron chi connectivity index (χ0n) is 34.4. The molecule has 3 saturated heterocycles. The van der Waals surface area contributed by atoms with Gasteiger partial charge in [0.2, 0.25) is 0 Å². The van der Waals surface area contributed by atoms with Gasteiger partial charge in [-0.05, 0) is 116 Å². The van der Waals surface area contributed by atoms with Crippen LogP contribution in [0.4, 0.5) is 0 Å². The average Bonchev–Trinajstić information content (AvgIpc) is 3.70. The van der Waals surface area contributed by atoms with Crippen LogP contribution in [0.2, 0.25) is 0 Å². The molecule has 8 rings (SSSR count). The Hall–Kier alpha value is -0.850. The summed E-state index contributed by atoms with van der Waals surface area (Å²) >= 11 is 0. The summed E-state index contributed by atoms with van der Waals surface area (Å²) in [4.78, 5) is 17.2. The average molecular weight is 745 g/mol. The Morgan fingerprint density at radius 3 is 2.42 bits per heavy atom. The Kier molecular flexibility index (Phi) is 9.83. The Bertz CT molecular complexity index is 1380. The molecule has 0 aromatic rings. The van der Waals surface area contributed by atoms with Gasteiger partial charge < -0.3 is 38.8 Å². The van der Waals surface area contributed by atoms with Gasteiger partial charge in [0.1, 0.15) is 0 Å². The van der Waals surface area contributed by atoms with E-state index in [0.717, 1.165) is 77.7 Å². The van der Waals surface area contributed by atoms with Crippen molar-refractivity contribution in [2.24, 2.45) is 56.7 Å². The lowest BCUT2D eigenvalue weighted by Gasteiger charge is -2.64. The van der Waals surface area contributed by atoms with E-state index in [-0.39, 0.29) is 52.0 Å². The molecule has 0 radical (unpaired) electrons. The van der Waals surface area contributed by atoms with Crippen molar-refractivity contribution in [3.63, 3.8) is 0 Å². The first-order valence-corrected chi connectivity index (χ1v) is 21.3. The van der Waals surface area contributed by atoms with E-state index in [1.807, 2.05) is 0 Å². The molecule has 2 N–H and O–H groups in total. The van der Waals surface area contributed by atoms with Crippen LogP contribution in [0.3, 0.4) is 0 Å². The van der Waals surface area contributed by atoms with E-state index in [0.29, 0.717) is 23.7 Å². The number of carbonyl (C=O) groups excluding carboxylic acids is 1. The monoisotopic (exact) mass is 745 g/mol. The van der Waals surface area contributed by atoms with E-state index in [4.69, 9.17) is 23.7 Å². The van der Waals surface area contributed by atoms with Gasteiger partial charge in [0, 0.05) is 58.7 Å². The van der Waals surface area contributed by atoms with Crippen molar-refractivity contribution in [3.05, 3.63) is 0 Å². The number of hydrogen-bond acceptors (Lipinski definition) is 10. The number of morpholine rings is 1. The Labute approximate surface area is 319 Å². The van der Waals surface area contributed by atoms with Crippen LogP contribution in [-0.4, -0.2) is 128 Å². The van der Waals surface area contributed by atoms with Gasteiger partial charge in [0.25, 0.3) is 0 Å². The lowest BCUT2D eigenvalue weighted by atomic mass is 9.41. The van der Waals surface area contributed by atoms with Crippen LogP contribution in [0.25, 0.3) is 0 Å². The Balaban J connectivity index is 0.957. The molecule has 2 spiro atoms. The summed E-state index contributed by atoms with van der Waals surface area (Å²) in [6.07, 6.45) is 6.77. The van der Waals surface area contributed by atoms with Crippen molar-refractivity contribution in [1.29, 1.82) is 0 Å². The van der Waals surface area contributed by atoms with E-state index in [2.05, 4.69) is 44.4 Å². The fourth-order valence-electron chi connectivity index (χ4n) is 15.3. The molecule has 10 nitrogen and oxygen atoms in total. The minimum atomic E-state index is -1.25. The number of rotatable bonds is 10. The molecular formula is C43H72N2O8. The van der Waals surface area contributed by atoms with E-state index in [9.17, 15) is 15.0 Å². The summed E-state index contributed by atoms with van der Waals surface area (Å²) in [5, 5.41) is 23.7. The first kappa shape index (κ1) is 39.0. The number of likely N-dealkylation sites (tertiary alicyclic amines) is 1. The summed E-state index contributed by atoms with van der Waals surface area (Å²) in [6.45, 7) is 24.8. The number of ether oxygens (including phenoxy) is 5. The number of carbonyl (C=O) groups is 1. The summed E-state index contributed by atoms with van der Waals surface area (Å²) in [5.74, 6) is 1.84. The molecule has 8 aliphatic rings. The molecule has 3 aliphatic heterocycles. The molecule has 5 saturated carbocycles. The van der Waals surface area contributed by atoms with Crippen molar-refractivity contribution in [1.82, 2.24) is 9.80 Å². The molecule has 0 amide bonds. The minimum absolute atomic E-state index is 0.0474. The zero-order chi connectivity index (χ0) is 37.9. The lowest BCUT2D eigenvalue weighted by Crippen LogP contribution is -2.60. The van der Waals surface area contributed by atoms with Crippen LogP contribution >= 0.6 is 0 Å². The molecule has 0 bridgehead atoms. The van der Waals surface area contributed by atoms with Gasteiger partial charge in [0.15, 0.2) is 12.4 Å². The Morgan fingerprint density at radius 1 is 1.00 bits per heavy atom. The second kappa shape index (κ2) is 13.4. The lowest BCUT2D eigenvalue weighted by molar-refractivity contribution is -0.249. The predicted molar refractivity (Wildman–Crippen MR) is 201 cm³/mol. The number of hydrogen-bond donors (Lipinski definition) is 2. The molecule has 3 heterocycles. The van der Waals surface area contributed by atoms with Crippen LogP contribution in [0, 0.1) is 56.7 Å². The molecule has 5 aliphatic carbocycles. The molecule has 14 atom stereocenters. The first-order chi connectivity index (χ1) is 24.9. The molecule has 8 fully saturated rings. The van der Waals surface area contributed by atoms with Gasteiger partial charge in [-0.25, -0.2) is 0 Å². The summed E-state index contributed by atoms with van der Waals surface area (Å²) < 4.78 is 31.2. The predicted octanol–water partition coefficient (Wildman–Crippen LogP) is 5.12. The van der Waals surface area contributed by atoms with Crippen molar-refractivity contribution >= 4 is 5.97 Å². The zero-order valence-corrected chi connectivity index (χ0v) is 34.4. The topological polar surface area (TPSA) is 110 Å². The van der Waals surface area contributed by atoms with E-state index >= 15 is 0 Å². The number of aliphatic hydroxyl groups excluding tert-OH is 1. The highest BCUT2D eigenvalue weighted by Gasteiger charge is 2.84. The highest BCUT2D eigenvalue weighted by atomic mass is 16.7. The van der Waals surface area contributed by atoms with Crippen LogP contribution in [-0.2, 0) is 28.5 Å². The van der Waals surface area contributed by atoms with Gasteiger partial charge in [-0.3, -0.25) is 9.69 Å². The van der Waals surface area contributed by atoms with Crippen LogP contribution < -0.4 is 0 Å². The Morgan fingerprint density at radius 2 is 1.72 bits per heavy atom. The van der Waals surface area contributed by atoms with Crippen molar-refractivity contribution in [2.45, 2.75) is 149 Å². The first-order valence-electron chi connectivity index (χ1n) is 21.3. The third-order valence-corrected chi connectivity index (χ3v) is 17.7. The third-order valence-electron chi connectivity index (χ3n) is 17.7. The largest absolute Gasteiger partial charge is 0.457 e. The number of nitrogens with zero attached hydrogens (tertiary/aromatic N) is 2. The van der Waals surface area contributed by atoms with Gasteiger partial charge in [-0.1, -0.05) is 34.6 Å². The highest BCUT2D eigenvalue weighted by molar-refractivity contribution is 5.66. The van der Waals surface area contributed by atoms with E-state index < -0.39 is 29.9 Å². The number of methoxy groups -OCH3 is 1. The fraction of sp³-hybridized carbons (Fsp3) is 0.977. The molecule has 0 aromatic heterocycles. The molecule has 0 aromatic carbocycles. The number of fused-ring (bicyclic) bond motifs is 4. The molecule has 302 valence electrons. The molecule has 4 unspecified atom stereocenters. The summed E-state index contributed by atoms with van der Waals surface area (Å²) in [7, 11) is 1.78. The van der Waals surface area contributed by atoms with Crippen LogP contribution in [0.15, 0.2) is 0 Å². The van der Waals surface area contributed by atoms with E-state index in [1.54, 1.807) is 21.0 Å². The van der Waals surface area contributed by atoms with Crippen molar-refractivity contribution < 1.29 is 38.7 Å². The maximum absolute atomic E-state index is 12.6. The number of esters is 1. The second-order valence-electron chi connectivity index (χ2n) is 21.0.